The number of hydrogen-bond donors (Lipinski definition) is 2. The molecule has 2 rings (SSSR count). The van der Waals surface area contributed by atoms with E-state index in [9.17, 15) is 9.59 Å². The number of amides is 2. The first-order valence-corrected chi connectivity index (χ1v) is 7.60. The van der Waals surface area contributed by atoms with Gasteiger partial charge in [0.05, 0.1) is 25.2 Å². The van der Waals surface area contributed by atoms with Gasteiger partial charge in [-0.05, 0) is 12.1 Å². The normalized spacial score (nSPS) is 17.8. The van der Waals surface area contributed by atoms with Gasteiger partial charge in [-0.1, -0.05) is 0 Å². The second-order valence-corrected chi connectivity index (χ2v) is 5.78. The van der Waals surface area contributed by atoms with Crippen LogP contribution in [0.15, 0.2) is 18.2 Å². The van der Waals surface area contributed by atoms with E-state index in [2.05, 4.69) is 10.6 Å². The molecule has 1 aromatic rings. The largest absolute Gasteiger partial charge is 0.497 e. The van der Waals surface area contributed by atoms with Crippen molar-refractivity contribution in [2.45, 2.75) is 11.7 Å². The number of ether oxygens (including phenoxy) is 2. The van der Waals surface area contributed by atoms with Gasteiger partial charge in [-0.3, -0.25) is 9.59 Å². The molecule has 1 unspecified atom stereocenters. The lowest BCUT2D eigenvalue weighted by Crippen LogP contribution is -2.40. The van der Waals surface area contributed by atoms with Crippen LogP contribution in [0.3, 0.4) is 0 Å². The van der Waals surface area contributed by atoms with Gasteiger partial charge < -0.3 is 20.1 Å². The summed E-state index contributed by atoms with van der Waals surface area (Å²) in [5.74, 6) is 1.70. The summed E-state index contributed by atoms with van der Waals surface area (Å²) in [6.45, 7) is 0.661. The van der Waals surface area contributed by atoms with E-state index in [1.165, 1.54) is 18.9 Å². The zero-order valence-corrected chi connectivity index (χ0v) is 12.8. The molecule has 1 aliphatic rings. The van der Waals surface area contributed by atoms with E-state index >= 15 is 0 Å². The average Bonchev–Trinajstić information content (AvgIpc) is 2.50. The number of nitrogens with one attached hydrogen (secondary N) is 2. The van der Waals surface area contributed by atoms with Gasteiger partial charge in [0.2, 0.25) is 11.8 Å². The van der Waals surface area contributed by atoms with Crippen LogP contribution in [0.25, 0.3) is 0 Å². The zero-order valence-electron chi connectivity index (χ0n) is 12.0. The number of anilines is 1. The number of methoxy groups -OCH3 is 2. The van der Waals surface area contributed by atoms with Gasteiger partial charge in [0.1, 0.15) is 11.5 Å². The Hall–Kier alpha value is -1.89. The zero-order chi connectivity index (χ0) is 15.2. The maximum atomic E-state index is 12.1. The Morgan fingerprint density at radius 2 is 2.24 bits per heavy atom. The fraction of sp³-hybridized carbons (Fsp3) is 0.429. The first-order valence-electron chi connectivity index (χ1n) is 6.55. The lowest BCUT2D eigenvalue weighted by Gasteiger charge is -2.21. The number of thioether (sulfide) groups is 1. The van der Waals surface area contributed by atoms with Crippen LogP contribution in [0, 0.1) is 0 Å². The average molecular weight is 310 g/mol. The van der Waals surface area contributed by atoms with E-state index in [-0.39, 0.29) is 23.5 Å². The van der Waals surface area contributed by atoms with Crippen molar-refractivity contribution in [2.24, 2.45) is 0 Å². The van der Waals surface area contributed by atoms with E-state index < -0.39 is 0 Å². The van der Waals surface area contributed by atoms with Crippen molar-refractivity contribution in [2.75, 3.05) is 31.8 Å². The highest BCUT2D eigenvalue weighted by molar-refractivity contribution is 8.00. The Morgan fingerprint density at radius 1 is 1.43 bits per heavy atom. The minimum absolute atomic E-state index is 0.0805. The van der Waals surface area contributed by atoms with Crippen LogP contribution in [0.1, 0.15) is 6.42 Å². The molecule has 7 heteroatoms. The Bertz CT molecular complexity index is 536. The maximum absolute atomic E-state index is 12.1. The predicted octanol–water partition coefficient (Wildman–Crippen LogP) is 1.26. The van der Waals surface area contributed by atoms with Gasteiger partial charge in [-0.25, -0.2) is 0 Å². The molecule has 1 heterocycles. The van der Waals surface area contributed by atoms with Crippen molar-refractivity contribution in [3.63, 3.8) is 0 Å². The summed E-state index contributed by atoms with van der Waals surface area (Å²) in [6, 6.07) is 5.14. The quantitative estimate of drug-likeness (QED) is 0.856. The Kier molecular flexibility index (Phi) is 5.32. The lowest BCUT2D eigenvalue weighted by molar-refractivity contribution is -0.123. The molecule has 2 N–H and O–H groups in total. The molecule has 1 saturated heterocycles. The van der Waals surface area contributed by atoms with Crippen LogP contribution in [0.5, 0.6) is 11.5 Å². The lowest BCUT2D eigenvalue weighted by atomic mass is 10.2. The fourth-order valence-electron chi connectivity index (χ4n) is 1.99. The molecular weight excluding hydrogens is 292 g/mol. The topological polar surface area (TPSA) is 76.7 Å². The van der Waals surface area contributed by atoms with Crippen LogP contribution in [-0.2, 0) is 9.59 Å². The van der Waals surface area contributed by atoms with E-state index in [0.29, 0.717) is 23.7 Å². The van der Waals surface area contributed by atoms with E-state index in [4.69, 9.17) is 9.47 Å². The number of carbonyl (C=O) groups is 2. The van der Waals surface area contributed by atoms with Crippen molar-refractivity contribution < 1.29 is 19.1 Å². The van der Waals surface area contributed by atoms with Gasteiger partial charge in [-0.2, -0.15) is 0 Å². The van der Waals surface area contributed by atoms with E-state index in [1.54, 1.807) is 25.3 Å². The third-order valence-corrected chi connectivity index (χ3v) is 4.29. The standard InChI is InChI=1S/C14H18N2O4S/c1-19-9-3-4-10(11(7-9)20-2)16-13(17)8-12-14(18)15-5-6-21-12/h3-4,7,12H,5-6,8H2,1-2H3,(H,15,18)(H,16,17). The molecule has 0 bridgehead atoms. The maximum Gasteiger partial charge on any atom is 0.233 e. The summed E-state index contributed by atoms with van der Waals surface area (Å²) in [4.78, 5) is 23.7. The van der Waals surface area contributed by atoms with Gasteiger partial charge in [0.25, 0.3) is 0 Å². The number of benzene rings is 1. The molecule has 0 spiro atoms. The van der Waals surface area contributed by atoms with Crippen LogP contribution in [0.4, 0.5) is 5.69 Å². The third-order valence-electron chi connectivity index (χ3n) is 3.07. The van der Waals surface area contributed by atoms with Crippen LogP contribution in [-0.4, -0.2) is 43.6 Å². The van der Waals surface area contributed by atoms with Gasteiger partial charge in [-0.15, -0.1) is 11.8 Å². The van der Waals surface area contributed by atoms with Crippen molar-refractivity contribution in [3.05, 3.63) is 18.2 Å². The highest BCUT2D eigenvalue weighted by atomic mass is 32.2. The van der Waals surface area contributed by atoms with Crippen LogP contribution < -0.4 is 20.1 Å². The molecular formula is C14H18N2O4S. The van der Waals surface area contributed by atoms with Crippen molar-refractivity contribution in [3.8, 4) is 11.5 Å². The van der Waals surface area contributed by atoms with Gasteiger partial charge in [0, 0.05) is 24.8 Å². The minimum Gasteiger partial charge on any atom is -0.497 e. The monoisotopic (exact) mass is 310 g/mol. The SMILES string of the molecule is COc1ccc(NC(=O)CC2SCCNC2=O)c(OC)c1. The molecule has 21 heavy (non-hydrogen) atoms. The van der Waals surface area contributed by atoms with E-state index in [0.717, 1.165) is 5.75 Å². The summed E-state index contributed by atoms with van der Waals surface area (Å²) < 4.78 is 10.3. The highest BCUT2D eigenvalue weighted by Gasteiger charge is 2.25. The van der Waals surface area contributed by atoms with Crippen molar-refractivity contribution >= 4 is 29.3 Å². The molecule has 114 valence electrons. The fourth-order valence-corrected chi connectivity index (χ4v) is 3.00. The number of carbonyl (C=O) groups excluding carboxylic acids is 2. The van der Waals surface area contributed by atoms with Crippen LogP contribution in [0.2, 0.25) is 0 Å². The molecule has 1 fully saturated rings. The van der Waals surface area contributed by atoms with Gasteiger partial charge in [0.15, 0.2) is 0 Å². The molecule has 1 atom stereocenters. The molecule has 2 amide bonds. The second kappa shape index (κ2) is 7.21. The highest BCUT2D eigenvalue weighted by Crippen LogP contribution is 2.29. The molecule has 0 radical (unpaired) electrons. The Labute approximate surface area is 127 Å². The molecule has 0 aliphatic carbocycles. The van der Waals surface area contributed by atoms with E-state index in [1.807, 2.05) is 0 Å². The molecule has 0 aromatic heterocycles. The predicted molar refractivity (Wildman–Crippen MR) is 82.0 cm³/mol. The molecule has 0 saturated carbocycles. The first-order chi connectivity index (χ1) is 10.1. The summed E-state index contributed by atoms with van der Waals surface area (Å²) in [5.41, 5.74) is 0.560. The van der Waals surface area contributed by atoms with Crippen molar-refractivity contribution in [1.29, 1.82) is 0 Å². The molecule has 1 aromatic carbocycles. The minimum atomic E-state index is -0.331. The van der Waals surface area contributed by atoms with Gasteiger partial charge >= 0.3 is 0 Å². The smallest absolute Gasteiger partial charge is 0.233 e. The summed E-state index contributed by atoms with van der Waals surface area (Å²) >= 11 is 1.50. The third kappa shape index (κ3) is 4.04. The van der Waals surface area contributed by atoms with Crippen molar-refractivity contribution in [1.82, 2.24) is 5.32 Å². The van der Waals surface area contributed by atoms with Crippen LogP contribution >= 0.6 is 11.8 Å². The Morgan fingerprint density at radius 3 is 2.90 bits per heavy atom. The summed E-state index contributed by atoms with van der Waals surface area (Å²) in [7, 11) is 3.08. The first kappa shape index (κ1) is 15.5. The Balaban J connectivity index is 2.00. The number of hydrogen-bond acceptors (Lipinski definition) is 5. The summed E-state index contributed by atoms with van der Waals surface area (Å²) in [5, 5.41) is 5.20. The molecule has 6 nitrogen and oxygen atoms in total. The number of rotatable bonds is 5. The molecule has 1 aliphatic heterocycles. The second-order valence-electron chi connectivity index (χ2n) is 4.47. The summed E-state index contributed by atoms with van der Waals surface area (Å²) in [6.07, 6.45) is 0.145.